The summed E-state index contributed by atoms with van der Waals surface area (Å²) in [6.07, 6.45) is 3.60. The van der Waals surface area contributed by atoms with Gasteiger partial charge in [0.15, 0.2) is 11.7 Å². The van der Waals surface area contributed by atoms with E-state index in [9.17, 15) is 14.9 Å². The van der Waals surface area contributed by atoms with E-state index in [1.54, 1.807) is 6.20 Å². The molecule has 0 radical (unpaired) electrons. The number of Topliss-reactive ketones (excluding diaryl/α,β-unsaturated/α-hetero) is 1. The number of azo groups is 1. The van der Waals surface area contributed by atoms with Crippen molar-refractivity contribution in [3.8, 4) is 6.07 Å². The third kappa shape index (κ3) is 2.78. The van der Waals surface area contributed by atoms with Crippen LogP contribution in [0.1, 0.15) is 23.6 Å². The SMILES string of the molecule is Cc1cccc(C)c1NC(=O)C(C#N)C(=O)C1=CC(C)C2=c3c1cccc3=C1N=NC=C12. The molecule has 1 N–H and O–H groups in total. The largest absolute Gasteiger partial charge is 0.324 e. The Morgan fingerprint density at radius 3 is 2.56 bits per heavy atom. The second-order valence-corrected chi connectivity index (χ2v) is 8.30. The van der Waals surface area contributed by atoms with Crippen LogP contribution in [0.2, 0.25) is 0 Å². The standard InChI is InChI=1S/C26H20N4O2/c1-13-6-4-7-14(2)23(13)29-26(32)19(11-27)25(31)18-10-15(3)21-20-12-28-30-24(20)17-9-5-8-16(18)22(17)21/h4-10,12,15,19H,1-3H3,(H,29,32). The van der Waals surface area contributed by atoms with Crippen LogP contribution in [-0.4, -0.2) is 11.7 Å². The fourth-order valence-corrected chi connectivity index (χ4v) is 4.76. The Labute approximate surface area is 185 Å². The molecule has 1 aliphatic heterocycles. The molecule has 32 heavy (non-hydrogen) atoms. The van der Waals surface area contributed by atoms with Crippen LogP contribution in [0.25, 0.3) is 16.8 Å². The molecule has 2 aromatic rings. The molecular formula is C26H20N4O2. The third-order valence-corrected chi connectivity index (χ3v) is 6.29. The van der Waals surface area contributed by atoms with Gasteiger partial charge in [0, 0.05) is 28.0 Å². The van der Waals surface area contributed by atoms with Gasteiger partial charge in [-0.15, -0.1) is 5.11 Å². The lowest BCUT2D eigenvalue weighted by Gasteiger charge is -2.21. The number of ketones is 1. The van der Waals surface area contributed by atoms with Crippen molar-refractivity contribution >= 4 is 34.2 Å². The number of aryl methyl sites for hydroxylation is 2. The molecule has 0 bridgehead atoms. The van der Waals surface area contributed by atoms with Gasteiger partial charge in [0.1, 0.15) is 5.70 Å². The predicted octanol–water partition coefficient (Wildman–Crippen LogP) is 3.31. The first kappa shape index (κ1) is 19.8. The van der Waals surface area contributed by atoms with Crippen LogP contribution in [0.5, 0.6) is 0 Å². The molecule has 0 saturated heterocycles. The zero-order valence-electron chi connectivity index (χ0n) is 17.9. The van der Waals surface area contributed by atoms with E-state index < -0.39 is 17.6 Å². The van der Waals surface area contributed by atoms with Crippen molar-refractivity contribution in [2.75, 3.05) is 5.32 Å². The number of carbonyl (C=O) groups is 2. The van der Waals surface area contributed by atoms with Crippen molar-refractivity contribution in [1.29, 1.82) is 5.26 Å². The Bertz CT molecular complexity index is 1460. The molecule has 1 heterocycles. The molecule has 0 aromatic heterocycles. The van der Waals surface area contributed by atoms with Crippen LogP contribution in [0, 0.1) is 37.0 Å². The van der Waals surface area contributed by atoms with Gasteiger partial charge in [-0.05, 0) is 41.3 Å². The maximum Gasteiger partial charge on any atom is 0.249 e. The van der Waals surface area contributed by atoms with Crippen LogP contribution < -0.4 is 15.8 Å². The number of hydrogen-bond acceptors (Lipinski definition) is 5. The number of amides is 1. The van der Waals surface area contributed by atoms with E-state index in [1.807, 2.05) is 69.3 Å². The summed E-state index contributed by atoms with van der Waals surface area (Å²) < 4.78 is 0. The van der Waals surface area contributed by atoms with Gasteiger partial charge in [-0.2, -0.15) is 10.4 Å². The van der Waals surface area contributed by atoms with Crippen LogP contribution in [0.4, 0.5) is 5.69 Å². The second kappa shape index (κ2) is 7.24. The Hall–Kier alpha value is -4.11. The summed E-state index contributed by atoms with van der Waals surface area (Å²) in [6.45, 7) is 5.76. The number of benzene rings is 2. The molecule has 5 rings (SSSR count). The lowest BCUT2D eigenvalue weighted by Crippen LogP contribution is -2.35. The Morgan fingerprint density at radius 2 is 1.84 bits per heavy atom. The van der Waals surface area contributed by atoms with Crippen molar-refractivity contribution in [2.45, 2.75) is 20.8 Å². The van der Waals surface area contributed by atoms with Crippen LogP contribution >= 0.6 is 0 Å². The zero-order chi connectivity index (χ0) is 22.6. The Morgan fingerprint density at radius 1 is 1.12 bits per heavy atom. The maximum atomic E-state index is 13.5. The van der Waals surface area contributed by atoms with Gasteiger partial charge in [0.2, 0.25) is 5.91 Å². The minimum atomic E-state index is -1.45. The van der Waals surface area contributed by atoms with Gasteiger partial charge in [-0.25, -0.2) is 0 Å². The number of rotatable bonds is 4. The molecule has 2 unspecified atom stereocenters. The van der Waals surface area contributed by atoms with Gasteiger partial charge < -0.3 is 5.32 Å². The minimum absolute atomic E-state index is 0.0733. The first-order chi connectivity index (χ1) is 15.4. The van der Waals surface area contributed by atoms with Crippen molar-refractivity contribution in [3.05, 3.63) is 81.4 Å². The summed E-state index contributed by atoms with van der Waals surface area (Å²) in [5, 5.41) is 22.8. The number of fused-ring (bicyclic) bond motifs is 2. The number of para-hydroxylation sites is 1. The van der Waals surface area contributed by atoms with E-state index in [0.29, 0.717) is 11.3 Å². The lowest BCUT2D eigenvalue weighted by molar-refractivity contribution is -0.125. The summed E-state index contributed by atoms with van der Waals surface area (Å²) >= 11 is 0. The molecule has 6 nitrogen and oxygen atoms in total. The van der Waals surface area contributed by atoms with E-state index in [4.69, 9.17) is 0 Å². The van der Waals surface area contributed by atoms with Gasteiger partial charge >= 0.3 is 0 Å². The monoisotopic (exact) mass is 420 g/mol. The number of hydrogen-bond donors (Lipinski definition) is 1. The van der Waals surface area contributed by atoms with Crippen molar-refractivity contribution < 1.29 is 9.59 Å². The molecule has 0 saturated carbocycles. The molecule has 2 atom stereocenters. The van der Waals surface area contributed by atoms with Crippen LogP contribution in [-0.2, 0) is 9.59 Å². The topological polar surface area (TPSA) is 94.7 Å². The first-order valence-corrected chi connectivity index (χ1v) is 10.4. The molecule has 156 valence electrons. The van der Waals surface area contributed by atoms with Crippen molar-refractivity contribution in [1.82, 2.24) is 0 Å². The number of carbonyl (C=O) groups excluding carboxylic acids is 2. The molecule has 3 aliphatic rings. The first-order valence-electron chi connectivity index (χ1n) is 10.4. The van der Waals surface area contributed by atoms with E-state index in [0.717, 1.165) is 44.0 Å². The predicted molar refractivity (Wildman–Crippen MR) is 121 cm³/mol. The highest BCUT2D eigenvalue weighted by atomic mass is 16.2. The zero-order valence-corrected chi connectivity index (χ0v) is 17.9. The van der Waals surface area contributed by atoms with E-state index >= 15 is 0 Å². The molecule has 2 aromatic carbocycles. The minimum Gasteiger partial charge on any atom is -0.324 e. The summed E-state index contributed by atoms with van der Waals surface area (Å²) in [5.74, 6) is -2.63. The van der Waals surface area contributed by atoms with E-state index in [2.05, 4.69) is 15.5 Å². The quantitative estimate of drug-likeness (QED) is 0.769. The van der Waals surface area contributed by atoms with Crippen molar-refractivity contribution in [3.63, 3.8) is 0 Å². The Balaban J connectivity index is 1.55. The number of nitrogens with zero attached hydrogens (tertiary/aromatic N) is 3. The number of nitriles is 1. The molecule has 6 heteroatoms. The molecule has 0 fully saturated rings. The molecule has 2 aliphatic carbocycles. The number of nitrogens with one attached hydrogen (secondary N) is 1. The number of allylic oxidation sites excluding steroid dienone is 2. The summed E-state index contributed by atoms with van der Waals surface area (Å²) in [7, 11) is 0. The summed E-state index contributed by atoms with van der Waals surface area (Å²) in [4.78, 5) is 26.5. The molecular weight excluding hydrogens is 400 g/mol. The van der Waals surface area contributed by atoms with Gasteiger partial charge in [-0.1, -0.05) is 49.4 Å². The fraction of sp³-hybridized carbons (Fsp3) is 0.192. The maximum absolute atomic E-state index is 13.5. The highest BCUT2D eigenvalue weighted by Gasteiger charge is 2.36. The highest BCUT2D eigenvalue weighted by molar-refractivity contribution is 6.30. The van der Waals surface area contributed by atoms with E-state index in [1.165, 1.54) is 0 Å². The fourth-order valence-electron chi connectivity index (χ4n) is 4.76. The second-order valence-electron chi connectivity index (χ2n) is 8.30. The normalized spacial score (nSPS) is 18.4. The number of anilines is 1. The Kier molecular flexibility index (Phi) is 4.49. The average molecular weight is 420 g/mol. The van der Waals surface area contributed by atoms with E-state index in [-0.39, 0.29) is 5.92 Å². The van der Waals surface area contributed by atoms with Gasteiger partial charge in [-0.3, -0.25) is 9.59 Å². The third-order valence-electron chi connectivity index (χ3n) is 6.29. The smallest absolute Gasteiger partial charge is 0.249 e. The lowest BCUT2D eigenvalue weighted by atomic mass is 9.81. The van der Waals surface area contributed by atoms with Crippen molar-refractivity contribution in [2.24, 2.45) is 22.1 Å². The highest BCUT2D eigenvalue weighted by Crippen LogP contribution is 2.38. The summed E-state index contributed by atoms with van der Waals surface area (Å²) in [5.41, 5.74) is 6.40. The van der Waals surface area contributed by atoms with Gasteiger partial charge in [0.05, 0.1) is 12.3 Å². The van der Waals surface area contributed by atoms with Crippen LogP contribution in [0.15, 0.2) is 64.5 Å². The van der Waals surface area contributed by atoms with Crippen LogP contribution in [0.3, 0.4) is 0 Å². The average Bonchev–Trinajstić information content (AvgIpc) is 3.36. The van der Waals surface area contributed by atoms with Gasteiger partial charge in [0.25, 0.3) is 0 Å². The summed E-state index contributed by atoms with van der Waals surface area (Å²) in [6, 6.07) is 13.3. The molecule has 0 spiro atoms. The molecule has 1 amide bonds.